The summed E-state index contributed by atoms with van der Waals surface area (Å²) in [6.07, 6.45) is 0. The van der Waals surface area contributed by atoms with Crippen LogP contribution in [-0.4, -0.2) is 5.91 Å². The molecular weight excluding hydrogens is 284 g/mol. The average Bonchev–Trinajstić information content (AvgIpc) is 2.42. The van der Waals surface area contributed by atoms with Crippen LogP contribution in [0.3, 0.4) is 0 Å². The Hall–Kier alpha value is -1.94. The van der Waals surface area contributed by atoms with E-state index in [1.54, 1.807) is 31.2 Å². The average molecular weight is 296 g/mol. The summed E-state index contributed by atoms with van der Waals surface area (Å²) in [7, 11) is 0. The van der Waals surface area contributed by atoms with Crippen molar-refractivity contribution in [2.45, 2.75) is 13.0 Å². The molecule has 0 saturated heterocycles. The van der Waals surface area contributed by atoms with Gasteiger partial charge in [-0.3, -0.25) is 4.79 Å². The highest BCUT2D eigenvalue weighted by Crippen LogP contribution is 2.22. The minimum Gasteiger partial charge on any atom is -0.345 e. The molecule has 0 saturated carbocycles. The van der Waals surface area contributed by atoms with Gasteiger partial charge < -0.3 is 5.32 Å². The van der Waals surface area contributed by atoms with Crippen LogP contribution in [0.15, 0.2) is 42.5 Å². The van der Waals surface area contributed by atoms with Crippen molar-refractivity contribution in [3.05, 3.63) is 70.2 Å². The maximum absolute atomic E-state index is 13.1. The van der Waals surface area contributed by atoms with Crippen LogP contribution in [0, 0.1) is 11.6 Å². The number of rotatable bonds is 3. The standard InChI is InChI=1S/C15H12ClF2NO/c1-9(11-4-2-3-5-12(11)16)19-15(20)10-6-7-13(17)14(18)8-10/h2-9H,1H3,(H,19,20). The Morgan fingerprint density at radius 3 is 2.50 bits per heavy atom. The molecule has 2 rings (SSSR count). The first kappa shape index (κ1) is 14.5. The van der Waals surface area contributed by atoms with E-state index < -0.39 is 17.5 Å². The zero-order valence-corrected chi connectivity index (χ0v) is 11.4. The molecule has 1 atom stereocenters. The van der Waals surface area contributed by atoms with E-state index in [-0.39, 0.29) is 11.6 Å². The molecule has 0 aliphatic carbocycles. The van der Waals surface area contributed by atoms with Crippen LogP contribution in [0.1, 0.15) is 28.9 Å². The van der Waals surface area contributed by atoms with Crippen molar-refractivity contribution in [2.75, 3.05) is 0 Å². The largest absolute Gasteiger partial charge is 0.345 e. The number of halogens is 3. The highest BCUT2D eigenvalue weighted by Gasteiger charge is 2.15. The van der Waals surface area contributed by atoms with E-state index in [9.17, 15) is 13.6 Å². The summed E-state index contributed by atoms with van der Waals surface area (Å²) in [6, 6.07) is 9.78. The molecule has 0 spiro atoms. The second-order valence-corrected chi connectivity index (χ2v) is 4.75. The van der Waals surface area contributed by atoms with Crippen LogP contribution < -0.4 is 5.32 Å². The number of carbonyl (C=O) groups is 1. The van der Waals surface area contributed by atoms with E-state index in [1.165, 1.54) is 6.07 Å². The monoisotopic (exact) mass is 295 g/mol. The third kappa shape index (κ3) is 3.14. The SMILES string of the molecule is CC(NC(=O)c1ccc(F)c(F)c1)c1ccccc1Cl. The smallest absolute Gasteiger partial charge is 0.251 e. The molecule has 20 heavy (non-hydrogen) atoms. The predicted octanol–water partition coefficient (Wildman–Crippen LogP) is 4.11. The van der Waals surface area contributed by atoms with Gasteiger partial charge in [0.15, 0.2) is 11.6 Å². The summed E-state index contributed by atoms with van der Waals surface area (Å²) in [5.41, 5.74) is 0.813. The van der Waals surface area contributed by atoms with Crippen LogP contribution >= 0.6 is 11.6 Å². The van der Waals surface area contributed by atoms with Crippen molar-refractivity contribution in [3.8, 4) is 0 Å². The highest BCUT2D eigenvalue weighted by molar-refractivity contribution is 6.31. The van der Waals surface area contributed by atoms with Gasteiger partial charge in [-0.15, -0.1) is 0 Å². The molecule has 5 heteroatoms. The second kappa shape index (κ2) is 6.01. The highest BCUT2D eigenvalue weighted by atomic mass is 35.5. The fraction of sp³-hybridized carbons (Fsp3) is 0.133. The van der Waals surface area contributed by atoms with E-state index in [4.69, 9.17) is 11.6 Å². The van der Waals surface area contributed by atoms with Crippen molar-refractivity contribution in [2.24, 2.45) is 0 Å². The molecule has 0 radical (unpaired) electrons. The van der Waals surface area contributed by atoms with Gasteiger partial charge in [0.05, 0.1) is 6.04 Å². The Balaban J connectivity index is 2.15. The quantitative estimate of drug-likeness (QED) is 0.907. The summed E-state index contributed by atoms with van der Waals surface area (Å²) < 4.78 is 25.9. The molecule has 0 fully saturated rings. The van der Waals surface area contributed by atoms with Crippen molar-refractivity contribution in [3.63, 3.8) is 0 Å². The summed E-state index contributed by atoms with van der Waals surface area (Å²) in [6.45, 7) is 1.76. The molecule has 0 heterocycles. The molecule has 0 bridgehead atoms. The number of amides is 1. The van der Waals surface area contributed by atoms with Gasteiger partial charge in [0.2, 0.25) is 0 Å². The van der Waals surface area contributed by atoms with E-state index in [1.807, 2.05) is 0 Å². The molecule has 0 aliphatic heterocycles. The lowest BCUT2D eigenvalue weighted by Crippen LogP contribution is -2.27. The number of hydrogen-bond donors (Lipinski definition) is 1. The molecule has 1 N–H and O–H groups in total. The van der Waals surface area contributed by atoms with Crippen molar-refractivity contribution in [1.29, 1.82) is 0 Å². The van der Waals surface area contributed by atoms with Crippen molar-refractivity contribution >= 4 is 17.5 Å². The first-order chi connectivity index (χ1) is 9.49. The minimum absolute atomic E-state index is 0.0582. The maximum atomic E-state index is 13.1. The summed E-state index contributed by atoms with van der Waals surface area (Å²) >= 11 is 6.03. The number of hydrogen-bond acceptors (Lipinski definition) is 1. The van der Waals surface area contributed by atoms with Gasteiger partial charge in [-0.2, -0.15) is 0 Å². The first-order valence-corrected chi connectivity index (χ1v) is 6.37. The molecular formula is C15H12ClF2NO. The number of carbonyl (C=O) groups excluding carboxylic acids is 1. The topological polar surface area (TPSA) is 29.1 Å². The fourth-order valence-electron chi connectivity index (χ4n) is 1.82. The Morgan fingerprint density at radius 1 is 1.15 bits per heavy atom. The summed E-state index contributed by atoms with van der Waals surface area (Å²) in [4.78, 5) is 12.0. The Morgan fingerprint density at radius 2 is 1.85 bits per heavy atom. The predicted molar refractivity (Wildman–Crippen MR) is 73.7 cm³/mol. The van der Waals surface area contributed by atoms with Crippen LogP contribution in [0.4, 0.5) is 8.78 Å². The van der Waals surface area contributed by atoms with Gasteiger partial charge in [0.25, 0.3) is 5.91 Å². The normalized spacial score (nSPS) is 12.0. The number of nitrogens with one attached hydrogen (secondary N) is 1. The van der Waals surface area contributed by atoms with Crippen LogP contribution in [0.25, 0.3) is 0 Å². The third-order valence-corrected chi connectivity index (χ3v) is 3.25. The molecule has 0 aromatic heterocycles. The van der Waals surface area contributed by atoms with Gasteiger partial charge in [-0.25, -0.2) is 8.78 Å². The maximum Gasteiger partial charge on any atom is 0.251 e. The third-order valence-electron chi connectivity index (χ3n) is 2.90. The van der Waals surface area contributed by atoms with Gasteiger partial charge in [-0.05, 0) is 36.8 Å². The van der Waals surface area contributed by atoms with E-state index >= 15 is 0 Å². The van der Waals surface area contributed by atoms with Crippen LogP contribution in [0.5, 0.6) is 0 Å². The number of benzene rings is 2. The van der Waals surface area contributed by atoms with E-state index in [2.05, 4.69) is 5.32 Å². The Kier molecular flexibility index (Phi) is 4.35. The van der Waals surface area contributed by atoms with Crippen molar-refractivity contribution in [1.82, 2.24) is 5.32 Å². The van der Waals surface area contributed by atoms with Crippen molar-refractivity contribution < 1.29 is 13.6 Å². The lowest BCUT2D eigenvalue weighted by Gasteiger charge is -2.15. The van der Waals surface area contributed by atoms with Gasteiger partial charge >= 0.3 is 0 Å². The minimum atomic E-state index is -1.05. The van der Waals surface area contributed by atoms with E-state index in [0.717, 1.165) is 17.7 Å². The zero-order chi connectivity index (χ0) is 14.7. The van der Waals surface area contributed by atoms with Gasteiger partial charge in [0, 0.05) is 10.6 Å². The lowest BCUT2D eigenvalue weighted by atomic mass is 10.1. The Labute approximate surface area is 120 Å². The zero-order valence-electron chi connectivity index (χ0n) is 10.7. The molecule has 2 aromatic rings. The molecule has 104 valence electrons. The van der Waals surface area contributed by atoms with Gasteiger partial charge in [-0.1, -0.05) is 29.8 Å². The summed E-state index contributed by atoms with van der Waals surface area (Å²) in [5, 5.41) is 3.22. The molecule has 2 aromatic carbocycles. The van der Waals surface area contributed by atoms with E-state index in [0.29, 0.717) is 5.02 Å². The molecule has 1 amide bonds. The molecule has 0 aliphatic rings. The second-order valence-electron chi connectivity index (χ2n) is 4.35. The Bertz CT molecular complexity index is 646. The fourth-order valence-corrected chi connectivity index (χ4v) is 2.12. The summed E-state index contributed by atoms with van der Waals surface area (Å²) in [5.74, 6) is -2.53. The first-order valence-electron chi connectivity index (χ1n) is 5.99. The van der Waals surface area contributed by atoms with Crippen LogP contribution in [0.2, 0.25) is 5.02 Å². The van der Waals surface area contributed by atoms with Gasteiger partial charge in [0.1, 0.15) is 0 Å². The lowest BCUT2D eigenvalue weighted by molar-refractivity contribution is 0.0939. The molecule has 1 unspecified atom stereocenters. The molecule has 2 nitrogen and oxygen atoms in total. The van der Waals surface area contributed by atoms with Crippen LogP contribution in [-0.2, 0) is 0 Å².